The number of esters is 1. The third-order valence-electron chi connectivity index (χ3n) is 4.55. The normalized spacial score (nSPS) is 21.1. The van der Waals surface area contributed by atoms with Crippen LogP contribution in [0.4, 0.5) is 0 Å². The molecule has 2 aliphatic heterocycles. The van der Waals surface area contributed by atoms with Gasteiger partial charge in [0.2, 0.25) is 6.10 Å². The molecule has 1 amide bonds. The predicted molar refractivity (Wildman–Crippen MR) is 102 cm³/mol. The zero-order valence-electron chi connectivity index (χ0n) is 14.9. The number of nitrogens with zero attached hydrogens (tertiary/aromatic N) is 2. The van der Waals surface area contributed by atoms with Crippen LogP contribution in [0.15, 0.2) is 58.7 Å². The summed E-state index contributed by atoms with van der Waals surface area (Å²) in [5.74, 6) is -0.884. The maximum absolute atomic E-state index is 12.7. The van der Waals surface area contributed by atoms with Crippen molar-refractivity contribution >= 4 is 27.7 Å². The molecule has 0 bridgehead atoms. The fourth-order valence-corrected chi connectivity index (χ4v) is 3.87. The number of carbonyl (C=O) groups is 2. The van der Waals surface area contributed by atoms with Crippen LogP contribution in [0.1, 0.15) is 24.5 Å². The first-order valence-corrected chi connectivity index (χ1v) is 10.6. The molecular weight excluding hydrogens is 382 g/mol. The highest BCUT2D eigenvalue weighted by molar-refractivity contribution is 7.90. The molecule has 1 fully saturated rings. The Kier molecular flexibility index (Phi) is 4.76. The molecule has 0 aromatic heterocycles. The van der Waals surface area contributed by atoms with E-state index >= 15 is 0 Å². The lowest BCUT2D eigenvalue weighted by Crippen LogP contribution is -2.37. The van der Waals surface area contributed by atoms with Crippen LogP contribution in [0, 0.1) is 0 Å². The van der Waals surface area contributed by atoms with Crippen LogP contribution in [-0.2, 0) is 24.3 Å². The Balaban J connectivity index is 1.52. The molecule has 1 saturated carbocycles. The second-order valence-corrected chi connectivity index (χ2v) is 8.58. The van der Waals surface area contributed by atoms with E-state index in [-0.39, 0.29) is 35.7 Å². The molecular formula is C19H19N3O5S. The minimum Gasteiger partial charge on any atom is -0.444 e. The van der Waals surface area contributed by atoms with Crippen molar-refractivity contribution in [1.29, 1.82) is 0 Å². The molecule has 8 nitrogen and oxygen atoms in total. The number of rotatable bonds is 5. The number of nitrogens with one attached hydrogen (secondary N) is 1. The molecule has 4 rings (SSSR count). The van der Waals surface area contributed by atoms with Crippen molar-refractivity contribution in [3.05, 3.63) is 59.8 Å². The summed E-state index contributed by atoms with van der Waals surface area (Å²) in [6.45, 7) is 0.201. The van der Waals surface area contributed by atoms with Crippen LogP contribution < -0.4 is 5.32 Å². The molecule has 146 valence electrons. The number of sulfonamides is 1. The molecule has 28 heavy (non-hydrogen) atoms. The van der Waals surface area contributed by atoms with E-state index in [0.717, 1.165) is 12.8 Å². The standard InChI is InChI=1S/C19H19N3O5S/c23-18(20-15-7-8-15)17(13-4-2-1-3-5-13)27-19(24)14-6-9-16-21-28(25,26)11-10-22(16)12-14/h1-6,9,12,15,17H,7-8,10-11H2,(H,20,23)/t17-/m0/s1. The second-order valence-electron chi connectivity index (χ2n) is 6.83. The van der Waals surface area contributed by atoms with Crippen molar-refractivity contribution in [1.82, 2.24) is 10.2 Å². The lowest BCUT2D eigenvalue weighted by Gasteiger charge is -2.27. The Hall–Kier alpha value is -2.94. The van der Waals surface area contributed by atoms with Gasteiger partial charge >= 0.3 is 5.97 Å². The van der Waals surface area contributed by atoms with Gasteiger partial charge in [-0.15, -0.1) is 4.40 Å². The molecule has 0 radical (unpaired) electrons. The lowest BCUT2D eigenvalue weighted by molar-refractivity contribution is -0.152. The number of fused-ring (bicyclic) bond motifs is 1. The molecule has 1 aliphatic carbocycles. The van der Waals surface area contributed by atoms with Crippen LogP contribution in [0.5, 0.6) is 0 Å². The molecule has 1 N–H and O–H groups in total. The van der Waals surface area contributed by atoms with Crippen LogP contribution in [0.2, 0.25) is 0 Å². The highest BCUT2D eigenvalue weighted by Gasteiger charge is 2.32. The number of benzene rings is 1. The maximum Gasteiger partial charge on any atom is 0.340 e. The Labute approximate surface area is 162 Å². The quantitative estimate of drug-likeness (QED) is 0.740. The van der Waals surface area contributed by atoms with Gasteiger partial charge in [-0.1, -0.05) is 30.3 Å². The Bertz CT molecular complexity index is 994. The Morgan fingerprint density at radius 2 is 1.93 bits per heavy atom. The summed E-state index contributed by atoms with van der Waals surface area (Å²) in [6, 6.07) is 8.97. The van der Waals surface area contributed by atoms with Crippen molar-refractivity contribution in [3.8, 4) is 0 Å². The topological polar surface area (TPSA) is 105 Å². The molecule has 2 heterocycles. The molecule has 9 heteroatoms. The average Bonchev–Trinajstić information content (AvgIpc) is 3.49. The highest BCUT2D eigenvalue weighted by Crippen LogP contribution is 2.25. The molecule has 1 aromatic rings. The summed E-state index contributed by atoms with van der Waals surface area (Å²) >= 11 is 0. The first-order valence-electron chi connectivity index (χ1n) is 8.97. The van der Waals surface area contributed by atoms with E-state index in [4.69, 9.17) is 4.74 Å². The van der Waals surface area contributed by atoms with Gasteiger partial charge < -0.3 is 15.0 Å². The minimum absolute atomic E-state index is 0.125. The molecule has 1 aromatic carbocycles. The van der Waals surface area contributed by atoms with E-state index in [9.17, 15) is 18.0 Å². The van der Waals surface area contributed by atoms with E-state index < -0.39 is 22.1 Å². The van der Waals surface area contributed by atoms with Gasteiger partial charge in [-0.2, -0.15) is 0 Å². The predicted octanol–water partition coefficient (Wildman–Crippen LogP) is 1.05. The Morgan fingerprint density at radius 3 is 2.64 bits per heavy atom. The number of carbonyl (C=O) groups excluding carboxylic acids is 2. The van der Waals surface area contributed by atoms with Gasteiger partial charge in [0.15, 0.2) is 0 Å². The van der Waals surface area contributed by atoms with Gasteiger partial charge in [0.25, 0.3) is 15.9 Å². The smallest absolute Gasteiger partial charge is 0.340 e. The van der Waals surface area contributed by atoms with Crippen LogP contribution in [0.3, 0.4) is 0 Å². The van der Waals surface area contributed by atoms with Crippen LogP contribution in [-0.4, -0.2) is 49.4 Å². The largest absolute Gasteiger partial charge is 0.444 e. The van der Waals surface area contributed by atoms with Crippen molar-refractivity contribution < 1.29 is 22.7 Å². The number of amides is 1. The monoisotopic (exact) mass is 401 g/mol. The SMILES string of the molecule is O=C(O[C@H](C(=O)NC1CC1)c1ccccc1)C1=CN2CCS(=O)(=O)N=C2C=C1. The summed E-state index contributed by atoms with van der Waals surface area (Å²) in [4.78, 5) is 26.9. The minimum atomic E-state index is -3.47. The van der Waals surface area contributed by atoms with Gasteiger partial charge in [-0.05, 0) is 25.0 Å². The van der Waals surface area contributed by atoms with E-state index in [1.165, 1.54) is 18.4 Å². The Morgan fingerprint density at radius 1 is 1.18 bits per heavy atom. The van der Waals surface area contributed by atoms with E-state index in [1.54, 1.807) is 29.2 Å². The highest BCUT2D eigenvalue weighted by atomic mass is 32.2. The summed E-state index contributed by atoms with van der Waals surface area (Å²) in [6.07, 6.45) is 5.19. The van der Waals surface area contributed by atoms with Gasteiger partial charge in [0, 0.05) is 24.4 Å². The van der Waals surface area contributed by atoms with E-state index in [2.05, 4.69) is 9.71 Å². The number of amidine groups is 1. The van der Waals surface area contributed by atoms with Gasteiger partial charge in [0.05, 0.1) is 11.3 Å². The van der Waals surface area contributed by atoms with Crippen molar-refractivity contribution in [2.75, 3.05) is 12.3 Å². The maximum atomic E-state index is 12.7. The number of hydrogen-bond acceptors (Lipinski definition) is 6. The number of ether oxygens (including phenoxy) is 1. The van der Waals surface area contributed by atoms with Crippen LogP contribution >= 0.6 is 0 Å². The third kappa shape index (κ3) is 4.14. The first kappa shape index (κ1) is 18.4. The van der Waals surface area contributed by atoms with Crippen LogP contribution in [0.25, 0.3) is 0 Å². The van der Waals surface area contributed by atoms with E-state index in [0.29, 0.717) is 5.56 Å². The summed E-state index contributed by atoms with van der Waals surface area (Å²) in [5.41, 5.74) is 0.805. The average molecular weight is 401 g/mol. The summed E-state index contributed by atoms with van der Waals surface area (Å²) < 4.78 is 32.4. The second kappa shape index (κ2) is 7.23. The van der Waals surface area contributed by atoms with Gasteiger partial charge in [-0.3, -0.25) is 4.79 Å². The fraction of sp³-hybridized carbons (Fsp3) is 0.316. The molecule has 3 aliphatic rings. The van der Waals surface area contributed by atoms with Gasteiger partial charge in [0.1, 0.15) is 5.84 Å². The fourth-order valence-electron chi connectivity index (χ4n) is 2.90. The zero-order chi connectivity index (χ0) is 19.7. The summed E-state index contributed by atoms with van der Waals surface area (Å²) in [7, 11) is -3.47. The van der Waals surface area contributed by atoms with E-state index in [1.807, 2.05) is 6.07 Å². The summed E-state index contributed by atoms with van der Waals surface area (Å²) in [5, 5.41) is 2.87. The van der Waals surface area contributed by atoms with Crippen molar-refractivity contribution in [2.24, 2.45) is 4.40 Å². The third-order valence-corrected chi connectivity index (χ3v) is 5.71. The molecule has 0 saturated heterocycles. The first-order chi connectivity index (χ1) is 13.4. The zero-order valence-corrected chi connectivity index (χ0v) is 15.8. The van der Waals surface area contributed by atoms with Gasteiger partial charge in [-0.25, -0.2) is 13.2 Å². The van der Waals surface area contributed by atoms with Crippen molar-refractivity contribution in [3.63, 3.8) is 0 Å². The van der Waals surface area contributed by atoms with Crippen molar-refractivity contribution in [2.45, 2.75) is 25.0 Å². The lowest BCUT2D eigenvalue weighted by atomic mass is 10.1. The molecule has 0 unspecified atom stereocenters. The molecule has 1 atom stereocenters. The number of hydrogen-bond donors (Lipinski definition) is 1. The molecule has 0 spiro atoms.